The van der Waals surface area contributed by atoms with Crippen molar-refractivity contribution in [1.29, 1.82) is 5.26 Å². The maximum Gasteiger partial charge on any atom is 0.415 e. The van der Waals surface area contributed by atoms with Crippen LogP contribution in [0.25, 0.3) is 0 Å². The normalized spacial score (nSPS) is 17.5. The molecule has 0 bridgehead atoms. The van der Waals surface area contributed by atoms with Gasteiger partial charge in [0.2, 0.25) is 0 Å². The maximum atomic E-state index is 12.6. The van der Waals surface area contributed by atoms with Crippen molar-refractivity contribution < 1.29 is 23.1 Å². The maximum absolute atomic E-state index is 12.6. The van der Waals surface area contributed by atoms with Crippen LogP contribution < -0.4 is 0 Å². The van der Waals surface area contributed by atoms with Gasteiger partial charge in [0, 0.05) is 18.8 Å². The second-order valence-corrected chi connectivity index (χ2v) is 4.96. The first-order valence-electron chi connectivity index (χ1n) is 6.74. The van der Waals surface area contributed by atoms with Gasteiger partial charge in [0.1, 0.15) is 0 Å². The molecule has 120 valence electrons. The molecule has 1 N–H and O–H groups in total. The zero-order valence-electron chi connectivity index (χ0n) is 11.9. The molecule has 0 aromatic rings. The number of allylic oxidation sites excluding steroid dienone is 4. The van der Waals surface area contributed by atoms with Crippen LogP contribution in [0.2, 0.25) is 0 Å². The van der Waals surface area contributed by atoms with Gasteiger partial charge in [-0.15, -0.1) is 0 Å². The topological polar surface area (TPSA) is 64.3 Å². The number of aliphatic carboxylic acids is 1. The van der Waals surface area contributed by atoms with Crippen molar-refractivity contribution in [1.82, 2.24) is 4.90 Å². The van der Waals surface area contributed by atoms with E-state index in [1.807, 2.05) is 6.07 Å². The molecule has 0 atom stereocenters. The third-order valence-electron chi connectivity index (χ3n) is 3.39. The van der Waals surface area contributed by atoms with Crippen LogP contribution >= 0.6 is 0 Å². The lowest BCUT2D eigenvalue weighted by Crippen LogP contribution is -2.35. The summed E-state index contributed by atoms with van der Waals surface area (Å²) >= 11 is 0. The zero-order valence-corrected chi connectivity index (χ0v) is 11.9. The van der Waals surface area contributed by atoms with E-state index >= 15 is 0 Å². The largest absolute Gasteiger partial charge is 0.481 e. The first kappa shape index (κ1) is 17.8. The van der Waals surface area contributed by atoms with E-state index in [4.69, 9.17) is 10.4 Å². The molecular formula is C15H17F3N2O2. The van der Waals surface area contributed by atoms with Crippen molar-refractivity contribution in [3.05, 3.63) is 36.1 Å². The van der Waals surface area contributed by atoms with E-state index in [0.717, 1.165) is 6.08 Å². The molecule has 0 saturated carbocycles. The molecule has 1 aliphatic heterocycles. The van der Waals surface area contributed by atoms with Gasteiger partial charge >= 0.3 is 12.1 Å². The Balaban J connectivity index is 2.88. The van der Waals surface area contributed by atoms with Crippen molar-refractivity contribution in [3.8, 4) is 6.07 Å². The summed E-state index contributed by atoms with van der Waals surface area (Å²) in [6.07, 6.45) is 0.151. The van der Waals surface area contributed by atoms with Crippen LogP contribution in [-0.4, -0.2) is 35.2 Å². The van der Waals surface area contributed by atoms with E-state index in [1.54, 1.807) is 4.90 Å². The number of rotatable bonds is 5. The van der Waals surface area contributed by atoms with Crippen LogP contribution in [0.5, 0.6) is 0 Å². The summed E-state index contributed by atoms with van der Waals surface area (Å²) in [5.74, 6) is -1.35. The number of carboxylic acids is 1. The van der Waals surface area contributed by atoms with Gasteiger partial charge in [-0.05, 0) is 25.0 Å². The van der Waals surface area contributed by atoms with Gasteiger partial charge < -0.3 is 10.0 Å². The molecule has 1 saturated heterocycles. The number of piperidine rings is 1. The van der Waals surface area contributed by atoms with Gasteiger partial charge in [0.05, 0.1) is 24.0 Å². The second-order valence-electron chi connectivity index (χ2n) is 4.96. The van der Waals surface area contributed by atoms with E-state index < -0.39 is 23.6 Å². The highest BCUT2D eigenvalue weighted by Crippen LogP contribution is 2.28. The number of carbonyl (C=O) groups is 1. The molecule has 0 spiro atoms. The molecule has 22 heavy (non-hydrogen) atoms. The minimum atomic E-state index is -4.52. The molecule has 0 amide bonds. The Morgan fingerprint density at radius 2 is 2.00 bits per heavy atom. The summed E-state index contributed by atoms with van der Waals surface area (Å²) in [6, 6.07) is 1.88. The number of hydrogen-bond donors (Lipinski definition) is 1. The molecule has 1 heterocycles. The highest BCUT2D eigenvalue weighted by molar-refractivity contribution is 5.70. The number of likely N-dealkylation sites (tertiary alicyclic amines) is 1. The molecule has 7 heteroatoms. The summed E-state index contributed by atoms with van der Waals surface area (Å²) in [7, 11) is 0. The van der Waals surface area contributed by atoms with Gasteiger partial charge in [-0.1, -0.05) is 12.7 Å². The van der Waals surface area contributed by atoms with E-state index in [1.165, 1.54) is 12.2 Å². The second kappa shape index (κ2) is 7.69. The Bertz CT molecular complexity index is 522. The highest BCUT2D eigenvalue weighted by atomic mass is 19.4. The van der Waals surface area contributed by atoms with Gasteiger partial charge in [-0.25, -0.2) is 0 Å². The average molecular weight is 314 g/mol. The molecule has 0 aromatic carbocycles. The van der Waals surface area contributed by atoms with Gasteiger partial charge in [-0.3, -0.25) is 4.79 Å². The summed E-state index contributed by atoms with van der Waals surface area (Å²) in [5.41, 5.74) is -0.689. The molecule has 4 nitrogen and oxygen atoms in total. The fourth-order valence-electron chi connectivity index (χ4n) is 2.12. The van der Waals surface area contributed by atoms with Crippen LogP contribution in [0, 0.1) is 17.2 Å². The quantitative estimate of drug-likeness (QED) is 0.791. The number of nitriles is 1. The molecule has 1 aliphatic rings. The Kier molecular flexibility index (Phi) is 6.23. The van der Waals surface area contributed by atoms with E-state index in [0.29, 0.717) is 31.6 Å². The zero-order chi connectivity index (χ0) is 16.8. The van der Waals surface area contributed by atoms with Gasteiger partial charge in [0.15, 0.2) is 0 Å². The first-order valence-corrected chi connectivity index (χ1v) is 6.74. The number of alkyl halides is 3. The Morgan fingerprint density at radius 3 is 2.45 bits per heavy atom. The smallest absolute Gasteiger partial charge is 0.415 e. The van der Waals surface area contributed by atoms with E-state index in [2.05, 4.69) is 6.58 Å². The Hall–Kier alpha value is -2.23. The predicted octanol–water partition coefficient (Wildman–Crippen LogP) is 3.26. The molecular weight excluding hydrogens is 297 g/mol. The van der Waals surface area contributed by atoms with Gasteiger partial charge in [-0.2, -0.15) is 18.4 Å². The van der Waals surface area contributed by atoms with Crippen LogP contribution in [-0.2, 0) is 4.79 Å². The van der Waals surface area contributed by atoms with Crippen LogP contribution in [0.15, 0.2) is 36.1 Å². The molecule has 0 radical (unpaired) electrons. The third-order valence-corrected chi connectivity index (χ3v) is 3.39. The lowest BCUT2D eigenvalue weighted by atomic mass is 9.96. The summed E-state index contributed by atoms with van der Waals surface area (Å²) in [4.78, 5) is 12.6. The summed E-state index contributed by atoms with van der Waals surface area (Å²) < 4.78 is 37.8. The Labute approximate surface area is 126 Å². The molecule has 0 aromatic heterocycles. The third kappa shape index (κ3) is 5.28. The molecule has 0 aliphatic carbocycles. The average Bonchev–Trinajstić information content (AvgIpc) is 2.45. The monoisotopic (exact) mass is 314 g/mol. The van der Waals surface area contributed by atoms with Crippen LogP contribution in [0.4, 0.5) is 13.2 Å². The lowest BCUT2D eigenvalue weighted by Gasteiger charge is -2.33. The van der Waals surface area contributed by atoms with Crippen molar-refractivity contribution in [2.45, 2.75) is 25.4 Å². The molecule has 0 unspecified atom stereocenters. The fraction of sp³-hybridized carbons (Fsp3) is 0.467. The number of carboxylic acid groups (broad SMARTS) is 1. The van der Waals surface area contributed by atoms with Crippen molar-refractivity contribution in [3.63, 3.8) is 0 Å². The van der Waals surface area contributed by atoms with E-state index in [9.17, 15) is 18.0 Å². The number of nitrogens with zero attached hydrogens (tertiary/aromatic N) is 2. The van der Waals surface area contributed by atoms with E-state index in [-0.39, 0.29) is 6.42 Å². The standard InChI is InChI=1S/C15H17F3N2O2/c1-11(15(16,17)18)10-13(4-2-3-7-19)20-8-5-12(6-9-20)14(21)22/h2,4,10,12H,1,3,5-6,8-9H2,(H,21,22)/b4-2-,13-10+. The number of halogens is 3. The summed E-state index contributed by atoms with van der Waals surface area (Å²) in [5, 5.41) is 17.4. The van der Waals surface area contributed by atoms with Crippen molar-refractivity contribution in [2.75, 3.05) is 13.1 Å². The predicted molar refractivity (Wildman–Crippen MR) is 74.6 cm³/mol. The Morgan fingerprint density at radius 1 is 1.41 bits per heavy atom. The highest BCUT2D eigenvalue weighted by Gasteiger charge is 2.31. The van der Waals surface area contributed by atoms with Crippen LogP contribution in [0.3, 0.4) is 0 Å². The van der Waals surface area contributed by atoms with Crippen molar-refractivity contribution in [2.24, 2.45) is 5.92 Å². The minimum absolute atomic E-state index is 0.0847. The number of hydrogen-bond acceptors (Lipinski definition) is 3. The minimum Gasteiger partial charge on any atom is -0.481 e. The molecule has 1 rings (SSSR count). The van der Waals surface area contributed by atoms with Crippen LogP contribution in [0.1, 0.15) is 19.3 Å². The SMILES string of the molecule is C=C(/C=C(\C=C/CC#N)N1CCC(C(=O)O)CC1)C(F)(F)F. The molecule has 1 fully saturated rings. The fourth-order valence-corrected chi connectivity index (χ4v) is 2.12. The lowest BCUT2D eigenvalue weighted by molar-refractivity contribution is -0.143. The first-order chi connectivity index (χ1) is 10.3. The summed E-state index contributed by atoms with van der Waals surface area (Å²) in [6.45, 7) is 3.71. The van der Waals surface area contributed by atoms with Crippen molar-refractivity contribution >= 4 is 5.97 Å². The van der Waals surface area contributed by atoms with Gasteiger partial charge in [0.25, 0.3) is 0 Å².